The molecule has 1 heterocycles. The summed E-state index contributed by atoms with van der Waals surface area (Å²) in [6.45, 7) is 5.76. The van der Waals surface area contributed by atoms with Gasteiger partial charge < -0.3 is 10.6 Å². The van der Waals surface area contributed by atoms with Gasteiger partial charge in [-0.25, -0.2) is 0 Å². The fourth-order valence-electron chi connectivity index (χ4n) is 2.72. The number of hydrogen-bond donors (Lipinski definition) is 1. The molecule has 1 aliphatic rings. The highest BCUT2D eigenvalue weighted by molar-refractivity contribution is 9.10. The maximum absolute atomic E-state index is 12.4. The van der Waals surface area contributed by atoms with E-state index in [-0.39, 0.29) is 29.8 Å². The van der Waals surface area contributed by atoms with Gasteiger partial charge in [0.1, 0.15) is 0 Å². The van der Waals surface area contributed by atoms with E-state index in [4.69, 9.17) is 17.3 Å². The van der Waals surface area contributed by atoms with E-state index in [1.807, 2.05) is 23.1 Å². The minimum atomic E-state index is -0.00938. The third-order valence-electron chi connectivity index (χ3n) is 4.28. The Balaban J connectivity index is 0.00000242. The Bertz CT molecular complexity index is 537. The molecule has 2 rings (SSSR count). The highest BCUT2D eigenvalue weighted by Crippen LogP contribution is 2.28. The van der Waals surface area contributed by atoms with Crippen LogP contribution in [0.25, 0.3) is 0 Å². The summed E-state index contributed by atoms with van der Waals surface area (Å²) in [5.41, 5.74) is 7.18. The zero-order valence-electron chi connectivity index (χ0n) is 12.9. The standard InChI is InChI=1S/C16H22BrClN2O.ClH/c1-16(2)10-20(8-7-14(16)19)15(21)6-3-11-9-12(18)4-5-13(11)17;/h4-5,9,14H,3,6-8,10,19H2,1-2H3;1H. The summed E-state index contributed by atoms with van der Waals surface area (Å²) in [5.74, 6) is 0.196. The maximum Gasteiger partial charge on any atom is 0.222 e. The van der Waals surface area contributed by atoms with E-state index >= 15 is 0 Å². The van der Waals surface area contributed by atoms with Crippen LogP contribution in [0.1, 0.15) is 32.3 Å². The fourth-order valence-corrected chi connectivity index (χ4v) is 3.36. The number of amides is 1. The number of benzene rings is 1. The zero-order chi connectivity index (χ0) is 15.6. The van der Waals surface area contributed by atoms with Crippen LogP contribution < -0.4 is 5.73 Å². The van der Waals surface area contributed by atoms with E-state index in [0.29, 0.717) is 17.9 Å². The molecule has 0 aliphatic carbocycles. The second kappa shape index (κ2) is 8.00. The molecule has 0 aromatic heterocycles. The number of likely N-dealkylation sites (tertiary alicyclic amines) is 1. The van der Waals surface area contributed by atoms with Gasteiger partial charge in [-0.1, -0.05) is 41.4 Å². The van der Waals surface area contributed by atoms with Crippen molar-refractivity contribution >= 4 is 45.8 Å². The van der Waals surface area contributed by atoms with Gasteiger partial charge in [-0.3, -0.25) is 4.79 Å². The predicted octanol–water partition coefficient (Wildman–Crippen LogP) is 4.04. The SMILES string of the molecule is CC1(C)CN(C(=O)CCc2cc(Cl)ccc2Br)CCC1N.Cl. The van der Waals surface area contributed by atoms with Crippen molar-refractivity contribution in [2.45, 2.75) is 39.2 Å². The van der Waals surface area contributed by atoms with Crippen LogP contribution in [0.2, 0.25) is 5.02 Å². The van der Waals surface area contributed by atoms with Crippen molar-refractivity contribution in [3.8, 4) is 0 Å². The van der Waals surface area contributed by atoms with E-state index in [0.717, 1.165) is 29.5 Å². The molecule has 22 heavy (non-hydrogen) atoms. The molecule has 6 heteroatoms. The van der Waals surface area contributed by atoms with Crippen molar-refractivity contribution < 1.29 is 4.79 Å². The van der Waals surface area contributed by atoms with Gasteiger partial charge >= 0.3 is 0 Å². The van der Waals surface area contributed by atoms with Gasteiger partial charge in [0.25, 0.3) is 0 Å². The van der Waals surface area contributed by atoms with Crippen LogP contribution in [0.5, 0.6) is 0 Å². The summed E-state index contributed by atoms with van der Waals surface area (Å²) >= 11 is 9.51. The molecule has 0 saturated carbocycles. The Morgan fingerprint density at radius 3 is 2.82 bits per heavy atom. The lowest BCUT2D eigenvalue weighted by atomic mass is 9.79. The largest absolute Gasteiger partial charge is 0.342 e. The van der Waals surface area contributed by atoms with Crippen molar-refractivity contribution in [2.24, 2.45) is 11.1 Å². The Labute approximate surface area is 152 Å². The van der Waals surface area contributed by atoms with Crippen molar-refractivity contribution in [2.75, 3.05) is 13.1 Å². The molecule has 0 radical (unpaired) electrons. The van der Waals surface area contributed by atoms with Gasteiger partial charge in [0.2, 0.25) is 5.91 Å². The molecule has 1 amide bonds. The number of carbonyl (C=O) groups excluding carboxylic acids is 1. The van der Waals surface area contributed by atoms with Crippen LogP contribution in [-0.4, -0.2) is 29.9 Å². The second-order valence-corrected chi connectivity index (χ2v) is 7.73. The molecule has 124 valence electrons. The van der Waals surface area contributed by atoms with Crippen LogP contribution in [0.3, 0.4) is 0 Å². The van der Waals surface area contributed by atoms with Crippen molar-refractivity contribution in [1.82, 2.24) is 4.90 Å². The molecule has 1 aliphatic heterocycles. The number of hydrogen-bond acceptors (Lipinski definition) is 2. The van der Waals surface area contributed by atoms with E-state index in [1.54, 1.807) is 0 Å². The van der Waals surface area contributed by atoms with Crippen molar-refractivity contribution in [1.29, 1.82) is 0 Å². The molecule has 0 bridgehead atoms. The van der Waals surface area contributed by atoms with Gasteiger partial charge in [-0.2, -0.15) is 0 Å². The van der Waals surface area contributed by atoms with E-state index < -0.39 is 0 Å². The molecule has 1 saturated heterocycles. The molecule has 1 aromatic rings. The highest BCUT2D eigenvalue weighted by Gasteiger charge is 2.35. The Morgan fingerprint density at radius 2 is 2.18 bits per heavy atom. The highest BCUT2D eigenvalue weighted by atomic mass is 79.9. The van der Waals surface area contributed by atoms with Crippen LogP contribution in [0.15, 0.2) is 22.7 Å². The second-order valence-electron chi connectivity index (χ2n) is 6.43. The number of nitrogens with two attached hydrogens (primary N) is 1. The summed E-state index contributed by atoms with van der Waals surface area (Å²) < 4.78 is 1.00. The average molecular weight is 410 g/mol. The topological polar surface area (TPSA) is 46.3 Å². The van der Waals surface area contributed by atoms with Gasteiger partial charge in [-0.15, -0.1) is 12.4 Å². The first kappa shape index (κ1) is 19.8. The molecule has 1 unspecified atom stereocenters. The quantitative estimate of drug-likeness (QED) is 0.818. The zero-order valence-corrected chi connectivity index (χ0v) is 16.1. The smallest absolute Gasteiger partial charge is 0.222 e. The molecule has 1 aromatic carbocycles. The van der Waals surface area contributed by atoms with Crippen molar-refractivity contribution in [3.05, 3.63) is 33.3 Å². The van der Waals surface area contributed by atoms with Crippen molar-refractivity contribution in [3.63, 3.8) is 0 Å². The van der Waals surface area contributed by atoms with Gasteiger partial charge in [-0.05, 0) is 42.0 Å². The van der Waals surface area contributed by atoms with Gasteiger partial charge in [0.15, 0.2) is 0 Å². The first-order chi connectivity index (χ1) is 9.79. The van der Waals surface area contributed by atoms with Gasteiger partial charge in [0, 0.05) is 35.0 Å². The van der Waals surface area contributed by atoms with Crippen LogP contribution in [-0.2, 0) is 11.2 Å². The Hall–Kier alpha value is -0.290. The summed E-state index contributed by atoms with van der Waals surface area (Å²) in [4.78, 5) is 14.3. The molecule has 2 N–H and O–H groups in total. The minimum Gasteiger partial charge on any atom is -0.342 e. The molecular formula is C16H23BrCl2N2O. The number of rotatable bonds is 3. The number of piperidine rings is 1. The lowest BCUT2D eigenvalue weighted by Crippen LogP contribution is -2.54. The molecule has 1 atom stereocenters. The van der Waals surface area contributed by atoms with E-state index in [2.05, 4.69) is 29.8 Å². The number of carbonyl (C=O) groups is 1. The van der Waals surface area contributed by atoms with Gasteiger partial charge in [0.05, 0.1) is 0 Å². The van der Waals surface area contributed by atoms with Crippen LogP contribution in [0, 0.1) is 5.41 Å². The molecule has 3 nitrogen and oxygen atoms in total. The summed E-state index contributed by atoms with van der Waals surface area (Å²) in [6, 6.07) is 5.84. The third-order valence-corrected chi connectivity index (χ3v) is 5.29. The monoisotopic (exact) mass is 408 g/mol. The first-order valence-corrected chi connectivity index (χ1v) is 8.44. The molecule has 1 fully saturated rings. The molecular weight excluding hydrogens is 387 g/mol. The maximum atomic E-state index is 12.4. The lowest BCUT2D eigenvalue weighted by Gasteiger charge is -2.42. The summed E-state index contributed by atoms with van der Waals surface area (Å²) in [6.07, 6.45) is 2.08. The number of aryl methyl sites for hydroxylation is 1. The van der Waals surface area contributed by atoms with E-state index in [9.17, 15) is 4.79 Å². The average Bonchev–Trinajstić information content (AvgIpc) is 2.42. The lowest BCUT2D eigenvalue weighted by molar-refractivity contribution is -0.134. The third kappa shape index (κ3) is 4.85. The van der Waals surface area contributed by atoms with E-state index in [1.165, 1.54) is 0 Å². The number of nitrogens with zero attached hydrogens (tertiary/aromatic N) is 1. The molecule has 0 spiro atoms. The van der Waals surface area contributed by atoms with Crippen LogP contribution >= 0.6 is 39.9 Å². The Kier molecular flexibility index (Phi) is 7.19. The summed E-state index contributed by atoms with van der Waals surface area (Å²) in [7, 11) is 0. The summed E-state index contributed by atoms with van der Waals surface area (Å²) in [5, 5.41) is 0.700. The normalized spacial score (nSPS) is 20.4. The minimum absolute atomic E-state index is 0. The number of halogens is 3. The van der Waals surface area contributed by atoms with Crippen LogP contribution in [0.4, 0.5) is 0 Å². The first-order valence-electron chi connectivity index (χ1n) is 7.27. The Morgan fingerprint density at radius 1 is 1.50 bits per heavy atom. The predicted molar refractivity (Wildman–Crippen MR) is 97.7 cm³/mol. The fraction of sp³-hybridized carbons (Fsp3) is 0.562.